The second-order valence-corrected chi connectivity index (χ2v) is 6.01. The molecule has 0 aliphatic rings. The van der Waals surface area contributed by atoms with Crippen LogP contribution in [0.3, 0.4) is 0 Å². The molecule has 0 saturated heterocycles. The number of hydrogen-bond acceptors (Lipinski definition) is 2. The standard InChI is InChI=1S/C15H22F2O2/c1-10(13(16)17)15(5,18)11-6-8-12(9-7-11)19-14(2,3)4/h6-10,13,18H,1-5H3. The summed E-state index contributed by atoms with van der Waals surface area (Å²) in [4.78, 5) is 0. The minimum absolute atomic E-state index is 0.319. The van der Waals surface area contributed by atoms with Gasteiger partial charge >= 0.3 is 0 Å². The van der Waals surface area contributed by atoms with Gasteiger partial charge in [-0.05, 0) is 45.4 Å². The predicted molar refractivity (Wildman–Crippen MR) is 71.6 cm³/mol. The summed E-state index contributed by atoms with van der Waals surface area (Å²) in [6, 6.07) is 6.63. The van der Waals surface area contributed by atoms with Crippen LogP contribution in [0.2, 0.25) is 0 Å². The molecule has 1 aromatic rings. The minimum atomic E-state index is -2.57. The number of benzene rings is 1. The average molecular weight is 272 g/mol. The summed E-state index contributed by atoms with van der Waals surface area (Å²) in [7, 11) is 0. The van der Waals surface area contributed by atoms with E-state index < -0.39 is 17.9 Å². The van der Waals surface area contributed by atoms with Gasteiger partial charge in [0, 0.05) is 5.92 Å². The Morgan fingerprint density at radius 1 is 1.05 bits per heavy atom. The predicted octanol–water partition coefficient (Wildman–Crippen LogP) is 3.97. The van der Waals surface area contributed by atoms with Gasteiger partial charge in [-0.3, -0.25) is 0 Å². The lowest BCUT2D eigenvalue weighted by Crippen LogP contribution is -2.34. The topological polar surface area (TPSA) is 29.5 Å². The summed E-state index contributed by atoms with van der Waals surface area (Å²) in [5.74, 6) is -0.487. The van der Waals surface area contributed by atoms with Crippen LogP contribution in [0.15, 0.2) is 24.3 Å². The van der Waals surface area contributed by atoms with Crippen LogP contribution < -0.4 is 4.74 Å². The Kier molecular flexibility index (Phi) is 4.56. The Labute approximate surface area is 113 Å². The van der Waals surface area contributed by atoms with E-state index in [9.17, 15) is 13.9 Å². The lowest BCUT2D eigenvalue weighted by atomic mass is 9.84. The molecule has 0 bridgehead atoms. The molecule has 4 heteroatoms. The molecule has 2 unspecified atom stereocenters. The van der Waals surface area contributed by atoms with Crippen LogP contribution in [0, 0.1) is 5.92 Å². The minimum Gasteiger partial charge on any atom is -0.488 e. The fourth-order valence-corrected chi connectivity index (χ4v) is 1.72. The maximum Gasteiger partial charge on any atom is 0.244 e. The van der Waals surface area contributed by atoms with Crippen LogP contribution in [-0.2, 0) is 5.60 Å². The monoisotopic (exact) mass is 272 g/mol. The summed E-state index contributed by atoms with van der Waals surface area (Å²) in [6.07, 6.45) is -2.57. The van der Waals surface area contributed by atoms with Gasteiger partial charge in [0.15, 0.2) is 0 Å². The summed E-state index contributed by atoms with van der Waals surface area (Å²) in [6.45, 7) is 8.52. The quantitative estimate of drug-likeness (QED) is 0.898. The SMILES string of the molecule is CC(C(F)F)C(C)(O)c1ccc(OC(C)(C)C)cc1. The normalized spacial score (nSPS) is 17.1. The molecule has 0 spiro atoms. The van der Waals surface area contributed by atoms with Gasteiger partial charge in [0.05, 0.1) is 5.60 Å². The average Bonchev–Trinajstić information content (AvgIpc) is 2.26. The fraction of sp³-hybridized carbons (Fsp3) is 0.600. The van der Waals surface area contributed by atoms with Gasteiger partial charge in [-0.25, -0.2) is 8.78 Å². The molecule has 108 valence electrons. The Balaban J connectivity index is 2.92. The van der Waals surface area contributed by atoms with Crippen molar-refractivity contribution >= 4 is 0 Å². The van der Waals surface area contributed by atoms with Crippen molar-refractivity contribution in [2.75, 3.05) is 0 Å². The highest BCUT2D eigenvalue weighted by atomic mass is 19.3. The van der Waals surface area contributed by atoms with Gasteiger partial charge < -0.3 is 9.84 Å². The Morgan fingerprint density at radius 2 is 1.53 bits per heavy atom. The third kappa shape index (κ3) is 4.16. The van der Waals surface area contributed by atoms with E-state index in [4.69, 9.17) is 4.74 Å². The number of ether oxygens (including phenoxy) is 1. The van der Waals surface area contributed by atoms with Crippen LogP contribution in [-0.4, -0.2) is 17.1 Å². The van der Waals surface area contributed by atoms with Crippen molar-refractivity contribution in [3.63, 3.8) is 0 Å². The highest BCUT2D eigenvalue weighted by Gasteiger charge is 2.36. The zero-order valence-corrected chi connectivity index (χ0v) is 12.1. The number of hydrogen-bond donors (Lipinski definition) is 1. The van der Waals surface area contributed by atoms with E-state index in [0.717, 1.165) is 0 Å². The zero-order valence-electron chi connectivity index (χ0n) is 12.1. The summed E-state index contributed by atoms with van der Waals surface area (Å²) in [5.41, 5.74) is -1.42. The van der Waals surface area contributed by atoms with Gasteiger partial charge in [0.1, 0.15) is 11.4 Å². The highest BCUT2D eigenvalue weighted by molar-refractivity contribution is 5.31. The van der Waals surface area contributed by atoms with E-state index in [1.54, 1.807) is 24.3 Å². The van der Waals surface area contributed by atoms with Gasteiger partial charge in [0.2, 0.25) is 6.43 Å². The molecule has 2 atom stereocenters. The molecule has 1 rings (SSSR count). The maximum atomic E-state index is 12.7. The molecule has 0 radical (unpaired) electrons. The zero-order chi connectivity index (χ0) is 14.8. The van der Waals surface area contributed by atoms with Gasteiger partial charge in [-0.1, -0.05) is 19.1 Å². The summed E-state index contributed by atoms with van der Waals surface area (Å²) < 4.78 is 31.1. The summed E-state index contributed by atoms with van der Waals surface area (Å²) in [5, 5.41) is 10.2. The molecule has 0 aliphatic carbocycles. The van der Waals surface area contributed by atoms with Crippen LogP contribution in [0.5, 0.6) is 5.75 Å². The molecule has 19 heavy (non-hydrogen) atoms. The molecular formula is C15H22F2O2. The molecule has 1 N–H and O–H groups in total. The van der Waals surface area contributed by atoms with Crippen LogP contribution >= 0.6 is 0 Å². The molecule has 0 heterocycles. The van der Waals surface area contributed by atoms with Gasteiger partial charge in [0.25, 0.3) is 0 Å². The lowest BCUT2D eigenvalue weighted by Gasteiger charge is -2.30. The largest absolute Gasteiger partial charge is 0.488 e. The molecule has 0 aromatic heterocycles. The highest BCUT2D eigenvalue weighted by Crippen LogP contribution is 2.34. The maximum absolute atomic E-state index is 12.7. The van der Waals surface area contributed by atoms with Gasteiger partial charge in [-0.15, -0.1) is 0 Å². The molecular weight excluding hydrogens is 250 g/mol. The first-order chi connectivity index (χ1) is 8.54. The van der Waals surface area contributed by atoms with Crippen LogP contribution in [0.4, 0.5) is 8.78 Å². The van der Waals surface area contributed by atoms with E-state index >= 15 is 0 Å². The molecule has 0 amide bonds. The first-order valence-corrected chi connectivity index (χ1v) is 6.34. The van der Waals surface area contributed by atoms with Crippen molar-refractivity contribution in [2.24, 2.45) is 5.92 Å². The second-order valence-electron chi connectivity index (χ2n) is 6.01. The molecule has 1 aromatic carbocycles. The van der Waals surface area contributed by atoms with E-state index in [-0.39, 0.29) is 5.60 Å². The second kappa shape index (κ2) is 5.45. The first-order valence-electron chi connectivity index (χ1n) is 6.34. The fourth-order valence-electron chi connectivity index (χ4n) is 1.72. The first kappa shape index (κ1) is 15.9. The van der Waals surface area contributed by atoms with E-state index in [0.29, 0.717) is 11.3 Å². The number of aliphatic hydroxyl groups is 1. The van der Waals surface area contributed by atoms with Crippen LogP contribution in [0.1, 0.15) is 40.2 Å². The van der Waals surface area contributed by atoms with Crippen molar-refractivity contribution in [2.45, 2.75) is 52.2 Å². The third-order valence-corrected chi connectivity index (χ3v) is 3.13. The van der Waals surface area contributed by atoms with Crippen molar-refractivity contribution < 1.29 is 18.6 Å². The van der Waals surface area contributed by atoms with Crippen LogP contribution in [0.25, 0.3) is 0 Å². The van der Waals surface area contributed by atoms with E-state index in [2.05, 4.69) is 0 Å². The Morgan fingerprint density at radius 3 is 1.89 bits per heavy atom. The van der Waals surface area contributed by atoms with Crippen molar-refractivity contribution in [1.29, 1.82) is 0 Å². The molecule has 0 aliphatic heterocycles. The molecule has 0 saturated carbocycles. The Bertz CT molecular complexity index is 405. The van der Waals surface area contributed by atoms with Gasteiger partial charge in [-0.2, -0.15) is 0 Å². The Hall–Kier alpha value is -1.16. The smallest absolute Gasteiger partial charge is 0.244 e. The van der Waals surface area contributed by atoms with E-state index in [1.165, 1.54) is 13.8 Å². The number of alkyl halides is 2. The summed E-state index contributed by atoms with van der Waals surface area (Å²) >= 11 is 0. The number of rotatable bonds is 4. The van der Waals surface area contributed by atoms with E-state index in [1.807, 2.05) is 20.8 Å². The van der Waals surface area contributed by atoms with Crippen molar-refractivity contribution in [3.8, 4) is 5.75 Å². The number of halogens is 2. The van der Waals surface area contributed by atoms with Crippen molar-refractivity contribution in [3.05, 3.63) is 29.8 Å². The molecule has 2 nitrogen and oxygen atoms in total. The van der Waals surface area contributed by atoms with Crippen molar-refractivity contribution in [1.82, 2.24) is 0 Å². The lowest BCUT2D eigenvalue weighted by molar-refractivity contribution is -0.0696. The molecule has 0 fully saturated rings. The third-order valence-electron chi connectivity index (χ3n) is 3.13.